The summed E-state index contributed by atoms with van der Waals surface area (Å²) in [7, 11) is 1.39. The lowest BCUT2D eigenvalue weighted by Gasteiger charge is -2.33. The van der Waals surface area contributed by atoms with E-state index in [-0.39, 0.29) is 17.9 Å². The molecule has 2 aromatic rings. The van der Waals surface area contributed by atoms with Crippen LogP contribution in [0.25, 0.3) is 0 Å². The van der Waals surface area contributed by atoms with Gasteiger partial charge in [-0.3, -0.25) is 0 Å². The molecule has 1 saturated heterocycles. The summed E-state index contributed by atoms with van der Waals surface area (Å²) in [5.74, 6) is -0.395. The van der Waals surface area contributed by atoms with Gasteiger partial charge in [-0.2, -0.15) is 0 Å². The van der Waals surface area contributed by atoms with Crippen molar-refractivity contribution in [1.82, 2.24) is 4.90 Å². The monoisotopic (exact) mass is 364 g/mol. The van der Waals surface area contributed by atoms with E-state index in [1.165, 1.54) is 19.2 Å². The van der Waals surface area contributed by atoms with E-state index in [9.17, 15) is 9.18 Å². The van der Waals surface area contributed by atoms with Crippen molar-refractivity contribution >= 4 is 23.3 Å². The third-order valence-electron chi connectivity index (χ3n) is 4.00. The molecule has 1 aliphatic heterocycles. The van der Waals surface area contributed by atoms with E-state index in [0.717, 1.165) is 5.56 Å². The molecule has 1 unspecified atom stereocenters. The summed E-state index contributed by atoms with van der Waals surface area (Å²) in [4.78, 5) is 14.1. The fourth-order valence-electron chi connectivity index (χ4n) is 2.66. The van der Waals surface area contributed by atoms with Crippen molar-refractivity contribution in [2.24, 2.45) is 0 Å². The van der Waals surface area contributed by atoms with Crippen LogP contribution < -0.4 is 10.1 Å². The molecule has 2 aromatic carbocycles. The lowest BCUT2D eigenvalue weighted by Crippen LogP contribution is -2.44. The number of hydrogen-bond donors (Lipinski definition) is 1. The lowest BCUT2D eigenvalue weighted by atomic mass is 10.1. The number of morpholine rings is 1. The molecule has 2 amide bonds. The zero-order valence-corrected chi connectivity index (χ0v) is 14.4. The highest BCUT2D eigenvalue weighted by Gasteiger charge is 2.25. The Balaban J connectivity index is 1.65. The molecule has 3 rings (SSSR count). The molecule has 1 atom stereocenters. The number of benzene rings is 2. The number of ether oxygens (including phenoxy) is 2. The van der Waals surface area contributed by atoms with Gasteiger partial charge >= 0.3 is 6.03 Å². The normalized spacial score (nSPS) is 17.2. The summed E-state index contributed by atoms with van der Waals surface area (Å²) in [6.45, 7) is 1.30. The van der Waals surface area contributed by atoms with Crippen LogP contribution in [-0.2, 0) is 4.74 Å². The quantitative estimate of drug-likeness (QED) is 0.892. The van der Waals surface area contributed by atoms with Crippen LogP contribution in [0.1, 0.15) is 11.7 Å². The summed E-state index contributed by atoms with van der Waals surface area (Å²) < 4.78 is 24.3. The molecule has 7 heteroatoms. The van der Waals surface area contributed by atoms with E-state index in [1.807, 2.05) is 12.1 Å². The second kappa shape index (κ2) is 7.72. The SMILES string of the molecule is COc1ccc(NC(=O)N2CCOC(c3ccc(Cl)cc3)C2)cc1F. The highest BCUT2D eigenvalue weighted by atomic mass is 35.5. The average Bonchev–Trinajstić information content (AvgIpc) is 2.62. The Morgan fingerprint density at radius 1 is 1.32 bits per heavy atom. The zero-order chi connectivity index (χ0) is 17.8. The number of amides is 2. The van der Waals surface area contributed by atoms with Crippen LogP contribution in [0.4, 0.5) is 14.9 Å². The Hall–Kier alpha value is -2.31. The smallest absolute Gasteiger partial charge is 0.322 e. The average molecular weight is 365 g/mol. The van der Waals surface area contributed by atoms with Crippen molar-refractivity contribution in [2.45, 2.75) is 6.10 Å². The van der Waals surface area contributed by atoms with Gasteiger partial charge in [0.25, 0.3) is 0 Å². The van der Waals surface area contributed by atoms with Crippen LogP contribution in [0.5, 0.6) is 5.75 Å². The maximum atomic E-state index is 13.7. The first kappa shape index (κ1) is 17.5. The van der Waals surface area contributed by atoms with Gasteiger partial charge in [-0.05, 0) is 29.8 Å². The largest absolute Gasteiger partial charge is 0.494 e. The molecule has 1 aliphatic rings. The number of nitrogens with one attached hydrogen (secondary N) is 1. The molecule has 5 nitrogen and oxygen atoms in total. The van der Waals surface area contributed by atoms with E-state index < -0.39 is 5.82 Å². The topological polar surface area (TPSA) is 50.8 Å². The van der Waals surface area contributed by atoms with Crippen LogP contribution in [0.3, 0.4) is 0 Å². The first-order valence-corrected chi connectivity index (χ1v) is 8.21. The molecule has 0 saturated carbocycles. The van der Waals surface area contributed by atoms with E-state index in [0.29, 0.717) is 30.4 Å². The molecule has 0 radical (unpaired) electrons. The second-order valence-corrected chi connectivity index (χ2v) is 6.07. The summed E-state index contributed by atoms with van der Waals surface area (Å²) in [6.07, 6.45) is -0.218. The molecule has 1 N–H and O–H groups in total. The minimum atomic E-state index is -0.527. The Kier molecular flexibility index (Phi) is 5.40. The number of hydrogen-bond acceptors (Lipinski definition) is 3. The summed E-state index contributed by atoms with van der Waals surface area (Å²) >= 11 is 5.90. The van der Waals surface area contributed by atoms with Crippen molar-refractivity contribution in [1.29, 1.82) is 0 Å². The number of rotatable bonds is 3. The molecular formula is C18H18ClFN2O3. The maximum absolute atomic E-state index is 13.7. The molecule has 132 valence electrons. The number of anilines is 1. The first-order chi connectivity index (χ1) is 12.1. The van der Waals surface area contributed by atoms with Gasteiger partial charge in [0.15, 0.2) is 11.6 Å². The number of nitrogens with zero attached hydrogens (tertiary/aromatic N) is 1. The molecule has 0 bridgehead atoms. The van der Waals surface area contributed by atoms with E-state index in [2.05, 4.69) is 5.32 Å². The Bertz CT molecular complexity index is 754. The highest BCUT2D eigenvalue weighted by Crippen LogP contribution is 2.25. The summed E-state index contributed by atoms with van der Waals surface area (Å²) in [5.41, 5.74) is 1.33. The lowest BCUT2D eigenvalue weighted by molar-refractivity contribution is -0.0135. The van der Waals surface area contributed by atoms with Gasteiger partial charge in [0.05, 0.1) is 20.3 Å². The molecule has 0 aliphatic carbocycles. The van der Waals surface area contributed by atoms with Crippen molar-refractivity contribution in [2.75, 3.05) is 32.1 Å². The summed E-state index contributed by atoms with van der Waals surface area (Å²) in [5, 5.41) is 3.35. The van der Waals surface area contributed by atoms with Gasteiger partial charge in [-0.25, -0.2) is 9.18 Å². The van der Waals surface area contributed by atoms with Gasteiger partial charge in [0.1, 0.15) is 6.10 Å². The summed E-state index contributed by atoms with van der Waals surface area (Å²) in [6, 6.07) is 11.3. The van der Waals surface area contributed by atoms with Gasteiger partial charge in [0, 0.05) is 23.3 Å². The number of carbonyl (C=O) groups excluding carboxylic acids is 1. The Morgan fingerprint density at radius 2 is 2.08 bits per heavy atom. The molecule has 25 heavy (non-hydrogen) atoms. The molecule has 0 aromatic heterocycles. The van der Waals surface area contributed by atoms with Crippen molar-refractivity contribution in [3.8, 4) is 5.75 Å². The first-order valence-electron chi connectivity index (χ1n) is 7.83. The van der Waals surface area contributed by atoms with Gasteiger partial charge in [-0.1, -0.05) is 23.7 Å². The minimum absolute atomic E-state index is 0.132. The number of carbonyl (C=O) groups is 1. The molecular weight excluding hydrogens is 347 g/mol. The maximum Gasteiger partial charge on any atom is 0.322 e. The standard InChI is InChI=1S/C18H18ClFN2O3/c1-24-16-7-6-14(10-15(16)20)21-18(23)22-8-9-25-17(11-22)12-2-4-13(19)5-3-12/h2-7,10,17H,8-9,11H2,1H3,(H,21,23). The Morgan fingerprint density at radius 3 is 2.76 bits per heavy atom. The predicted octanol–water partition coefficient (Wildman–Crippen LogP) is 4.09. The fraction of sp³-hybridized carbons (Fsp3) is 0.278. The third kappa shape index (κ3) is 4.21. The Labute approximate surface area is 150 Å². The predicted molar refractivity (Wildman–Crippen MR) is 93.7 cm³/mol. The van der Waals surface area contributed by atoms with Gasteiger partial charge < -0.3 is 19.7 Å². The van der Waals surface area contributed by atoms with Crippen LogP contribution >= 0.6 is 11.6 Å². The molecule has 1 fully saturated rings. The van der Waals surface area contributed by atoms with Gasteiger partial charge in [-0.15, -0.1) is 0 Å². The highest BCUT2D eigenvalue weighted by molar-refractivity contribution is 6.30. The van der Waals surface area contributed by atoms with Crippen molar-refractivity contribution < 1.29 is 18.7 Å². The van der Waals surface area contributed by atoms with E-state index >= 15 is 0 Å². The fourth-order valence-corrected chi connectivity index (χ4v) is 2.79. The van der Waals surface area contributed by atoms with Crippen LogP contribution in [-0.4, -0.2) is 37.7 Å². The zero-order valence-electron chi connectivity index (χ0n) is 13.7. The number of methoxy groups -OCH3 is 1. The van der Waals surface area contributed by atoms with Crippen molar-refractivity contribution in [3.05, 3.63) is 58.9 Å². The minimum Gasteiger partial charge on any atom is -0.494 e. The van der Waals surface area contributed by atoms with Gasteiger partial charge in [0.2, 0.25) is 0 Å². The molecule has 0 spiro atoms. The second-order valence-electron chi connectivity index (χ2n) is 5.64. The van der Waals surface area contributed by atoms with Crippen LogP contribution in [0.2, 0.25) is 5.02 Å². The van der Waals surface area contributed by atoms with E-state index in [1.54, 1.807) is 23.1 Å². The van der Waals surface area contributed by atoms with E-state index in [4.69, 9.17) is 21.1 Å². The van der Waals surface area contributed by atoms with Crippen LogP contribution in [0, 0.1) is 5.82 Å². The third-order valence-corrected chi connectivity index (χ3v) is 4.25. The van der Waals surface area contributed by atoms with Crippen LogP contribution in [0.15, 0.2) is 42.5 Å². The number of halogens is 2. The number of urea groups is 1. The van der Waals surface area contributed by atoms with Crippen molar-refractivity contribution in [3.63, 3.8) is 0 Å². The molecule has 1 heterocycles.